The van der Waals surface area contributed by atoms with Crippen molar-refractivity contribution in [3.8, 4) is 0 Å². The predicted octanol–water partition coefficient (Wildman–Crippen LogP) is 3.89. The van der Waals surface area contributed by atoms with Crippen LogP contribution >= 0.6 is 0 Å². The molecular formula is C23H28O7. The van der Waals surface area contributed by atoms with E-state index in [1.165, 1.54) is 14.0 Å². The molecule has 1 spiro atoms. The highest BCUT2D eigenvalue weighted by atomic mass is 16.6. The molecular weight excluding hydrogens is 388 g/mol. The number of carbonyl (C=O) groups excluding carboxylic acids is 3. The third-order valence-corrected chi connectivity index (χ3v) is 7.45. The van der Waals surface area contributed by atoms with Gasteiger partial charge < -0.3 is 18.6 Å². The van der Waals surface area contributed by atoms with Crippen molar-refractivity contribution in [2.75, 3.05) is 7.11 Å². The Kier molecular flexibility index (Phi) is 5.03. The zero-order valence-corrected chi connectivity index (χ0v) is 17.9. The first kappa shape index (κ1) is 20.7. The molecule has 0 unspecified atom stereocenters. The minimum atomic E-state index is -1.12. The van der Waals surface area contributed by atoms with Crippen molar-refractivity contribution >= 4 is 17.9 Å². The molecule has 162 valence electrons. The maximum Gasteiger partial charge on any atom is 0.319 e. The van der Waals surface area contributed by atoms with Gasteiger partial charge in [-0.2, -0.15) is 0 Å². The van der Waals surface area contributed by atoms with E-state index < -0.39 is 28.9 Å². The fraction of sp³-hybridized carbons (Fsp3) is 0.609. The fourth-order valence-corrected chi connectivity index (χ4v) is 5.82. The zero-order chi connectivity index (χ0) is 21.7. The summed E-state index contributed by atoms with van der Waals surface area (Å²) in [5.41, 5.74) is 0.772. The van der Waals surface area contributed by atoms with Crippen molar-refractivity contribution in [2.24, 2.45) is 16.7 Å². The molecule has 0 amide bonds. The van der Waals surface area contributed by atoms with Gasteiger partial charge in [-0.25, -0.2) is 0 Å². The van der Waals surface area contributed by atoms with Gasteiger partial charge >= 0.3 is 17.9 Å². The smallest absolute Gasteiger partial charge is 0.319 e. The summed E-state index contributed by atoms with van der Waals surface area (Å²) in [7, 11) is 1.34. The Balaban J connectivity index is 1.83. The van der Waals surface area contributed by atoms with Gasteiger partial charge in [0.15, 0.2) is 0 Å². The lowest BCUT2D eigenvalue weighted by atomic mass is 9.54. The van der Waals surface area contributed by atoms with Crippen molar-refractivity contribution in [1.29, 1.82) is 0 Å². The predicted molar refractivity (Wildman–Crippen MR) is 105 cm³/mol. The van der Waals surface area contributed by atoms with Crippen LogP contribution in [0.4, 0.5) is 0 Å². The molecule has 1 fully saturated rings. The Morgan fingerprint density at radius 1 is 1.20 bits per heavy atom. The van der Waals surface area contributed by atoms with Crippen LogP contribution in [0.15, 0.2) is 34.2 Å². The highest BCUT2D eigenvalue weighted by Gasteiger charge is 2.62. The highest BCUT2D eigenvalue weighted by Crippen LogP contribution is 2.62. The molecule has 0 N–H and O–H groups in total. The van der Waals surface area contributed by atoms with Gasteiger partial charge in [-0.3, -0.25) is 14.4 Å². The Morgan fingerprint density at radius 3 is 2.57 bits per heavy atom. The lowest BCUT2D eigenvalue weighted by Crippen LogP contribution is -2.52. The first-order chi connectivity index (χ1) is 14.2. The molecule has 5 atom stereocenters. The second-order valence-electron chi connectivity index (χ2n) is 8.85. The van der Waals surface area contributed by atoms with E-state index in [2.05, 4.69) is 6.92 Å². The van der Waals surface area contributed by atoms with E-state index in [1.807, 2.05) is 6.07 Å². The van der Waals surface area contributed by atoms with Crippen LogP contribution in [-0.2, 0) is 28.6 Å². The number of cyclic esters (lactones) is 1. The number of hydrogen-bond donors (Lipinski definition) is 0. The van der Waals surface area contributed by atoms with Gasteiger partial charge in [0.2, 0.25) is 0 Å². The molecule has 7 heteroatoms. The Bertz CT molecular complexity index is 899. The standard InChI is InChI=1S/C23H28O7/c1-13-5-6-16-17(7-8-19(29-14(2)24)22(16,3)20(25)27-4)23(13)11-18(30-21(23)26)15-9-10-28-12-15/h9-10,12-13,18-19H,5-8,11H2,1-4H3/t13-,18+,19+,22-,23-/m0/s1. The maximum absolute atomic E-state index is 13.3. The quantitative estimate of drug-likeness (QED) is 0.419. The summed E-state index contributed by atoms with van der Waals surface area (Å²) in [6, 6.07) is 1.82. The van der Waals surface area contributed by atoms with Crippen LogP contribution in [0.25, 0.3) is 0 Å². The van der Waals surface area contributed by atoms with Gasteiger partial charge in [0, 0.05) is 18.9 Å². The molecule has 3 aliphatic rings. The van der Waals surface area contributed by atoms with Gasteiger partial charge in [0.05, 0.1) is 25.1 Å². The van der Waals surface area contributed by atoms with Crippen LogP contribution in [0.3, 0.4) is 0 Å². The molecule has 2 aliphatic carbocycles. The SMILES string of the molecule is COC(=O)[C@@]1(C)C2=C(CC[C@H]1OC(C)=O)[C@]1(C[C@H](c3ccoc3)OC1=O)[C@@H](C)CC2. The summed E-state index contributed by atoms with van der Waals surface area (Å²) < 4.78 is 21.7. The summed E-state index contributed by atoms with van der Waals surface area (Å²) in [6.07, 6.45) is 5.14. The minimum Gasteiger partial charge on any atom is -0.472 e. The second-order valence-corrected chi connectivity index (χ2v) is 8.85. The molecule has 2 heterocycles. The molecule has 30 heavy (non-hydrogen) atoms. The topological polar surface area (TPSA) is 92.0 Å². The van der Waals surface area contributed by atoms with E-state index in [0.29, 0.717) is 25.7 Å². The monoisotopic (exact) mass is 416 g/mol. The normalized spacial score (nSPS) is 35.7. The van der Waals surface area contributed by atoms with Gasteiger partial charge in [0.1, 0.15) is 17.6 Å². The molecule has 1 aliphatic heterocycles. The van der Waals surface area contributed by atoms with E-state index in [1.54, 1.807) is 19.5 Å². The van der Waals surface area contributed by atoms with Crippen molar-refractivity contribution in [3.05, 3.63) is 35.3 Å². The number of esters is 3. The van der Waals surface area contributed by atoms with E-state index in [0.717, 1.165) is 23.1 Å². The van der Waals surface area contributed by atoms with E-state index in [4.69, 9.17) is 18.6 Å². The highest BCUT2D eigenvalue weighted by molar-refractivity contribution is 5.87. The van der Waals surface area contributed by atoms with Gasteiger partial charge in [0.25, 0.3) is 0 Å². The molecule has 1 aromatic rings. The average molecular weight is 416 g/mol. The molecule has 7 nitrogen and oxygen atoms in total. The summed E-state index contributed by atoms with van der Waals surface area (Å²) in [4.78, 5) is 38.0. The van der Waals surface area contributed by atoms with E-state index in [-0.39, 0.29) is 18.0 Å². The number of carbonyl (C=O) groups is 3. The molecule has 1 saturated heterocycles. The Morgan fingerprint density at radius 2 is 1.93 bits per heavy atom. The van der Waals surface area contributed by atoms with Crippen LogP contribution in [0.2, 0.25) is 0 Å². The molecule has 0 saturated carbocycles. The molecule has 1 aromatic heterocycles. The molecule has 0 bridgehead atoms. The fourth-order valence-electron chi connectivity index (χ4n) is 5.82. The van der Waals surface area contributed by atoms with Crippen molar-refractivity contribution < 1.29 is 33.0 Å². The van der Waals surface area contributed by atoms with Gasteiger partial charge in [-0.1, -0.05) is 12.5 Å². The van der Waals surface area contributed by atoms with Crippen LogP contribution in [-0.4, -0.2) is 31.1 Å². The minimum absolute atomic E-state index is 0.0767. The van der Waals surface area contributed by atoms with Crippen molar-refractivity contribution in [1.82, 2.24) is 0 Å². The third kappa shape index (κ3) is 2.81. The Labute approximate surface area is 175 Å². The second kappa shape index (κ2) is 7.29. The number of ether oxygens (including phenoxy) is 3. The van der Waals surface area contributed by atoms with Crippen molar-refractivity contribution in [2.45, 2.75) is 65.1 Å². The number of methoxy groups -OCH3 is 1. The van der Waals surface area contributed by atoms with Gasteiger partial charge in [-0.15, -0.1) is 0 Å². The van der Waals surface area contributed by atoms with Crippen LogP contribution in [0, 0.1) is 16.7 Å². The maximum atomic E-state index is 13.3. The lowest BCUT2D eigenvalue weighted by molar-refractivity contribution is -0.168. The summed E-state index contributed by atoms with van der Waals surface area (Å²) in [5.74, 6) is -1.04. The van der Waals surface area contributed by atoms with Crippen molar-refractivity contribution in [3.63, 3.8) is 0 Å². The van der Waals surface area contributed by atoms with E-state index in [9.17, 15) is 14.4 Å². The molecule has 4 rings (SSSR count). The summed E-state index contributed by atoms with van der Waals surface area (Å²) in [6.45, 7) is 5.20. The number of hydrogen-bond acceptors (Lipinski definition) is 7. The average Bonchev–Trinajstić information content (AvgIpc) is 3.35. The first-order valence-corrected chi connectivity index (χ1v) is 10.5. The van der Waals surface area contributed by atoms with Gasteiger partial charge in [-0.05, 0) is 50.2 Å². The number of furan rings is 1. The van der Waals surface area contributed by atoms with Crippen LogP contribution in [0.5, 0.6) is 0 Å². The van der Waals surface area contributed by atoms with E-state index >= 15 is 0 Å². The first-order valence-electron chi connectivity index (χ1n) is 10.5. The molecule has 0 aromatic carbocycles. The summed E-state index contributed by atoms with van der Waals surface area (Å²) >= 11 is 0. The zero-order valence-electron chi connectivity index (χ0n) is 17.9. The summed E-state index contributed by atoms with van der Waals surface area (Å²) in [5, 5.41) is 0. The Hall–Kier alpha value is -2.57. The number of fused-ring (bicyclic) bond motifs is 1. The third-order valence-electron chi connectivity index (χ3n) is 7.45. The number of rotatable bonds is 3. The van der Waals surface area contributed by atoms with Crippen LogP contribution in [0.1, 0.15) is 64.5 Å². The van der Waals surface area contributed by atoms with Crippen LogP contribution < -0.4 is 0 Å². The lowest BCUT2D eigenvalue weighted by Gasteiger charge is -2.49. The molecule has 0 radical (unpaired) electrons. The largest absolute Gasteiger partial charge is 0.472 e.